The lowest BCUT2D eigenvalue weighted by Gasteiger charge is -2.38. The molecule has 1 aromatic heterocycles. The van der Waals surface area contributed by atoms with Gasteiger partial charge < -0.3 is 25.0 Å². The molecule has 8 heteroatoms. The summed E-state index contributed by atoms with van der Waals surface area (Å²) in [7, 11) is 3.17. The minimum Gasteiger partial charge on any atom is -0.497 e. The number of hydrogen-bond donors (Lipinski definition) is 2. The maximum atomic E-state index is 13.4. The topological polar surface area (TPSA) is 88.1 Å². The smallest absolute Gasteiger partial charge is 0.254 e. The number of pyridine rings is 1. The Morgan fingerprint density at radius 1 is 1.19 bits per heavy atom. The molecule has 3 aliphatic rings. The van der Waals surface area contributed by atoms with Crippen molar-refractivity contribution in [3.63, 3.8) is 0 Å². The number of carbonyl (C=O) groups excluding carboxylic acids is 1. The average molecular weight is 436 g/mol. The molecule has 0 radical (unpaired) electrons. The van der Waals surface area contributed by atoms with Crippen molar-refractivity contribution >= 4 is 23.2 Å². The number of benzene rings is 1. The first kappa shape index (κ1) is 20.6. The van der Waals surface area contributed by atoms with E-state index in [1.165, 1.54) is 12.8 Å². The number of amidine groups is 1. The van der Waals surface area contributed by atoms with Gasteiger partial charge in [0.15, 0.2) is 5.82 Å². The minimum atomic E-state index is -0.447. The van der Waals surface area contributed by atoms with Crippen LogP contribution in [0.3, 0.4) is 0 Å². The van der Waals surface area contributed by atoms with Crippen molar-refractivity contribution in [1.82, 2.24) is 9.88 Å². The molecule has 1 amide bonds. The molecular formula is C24H29N5O3. The first-order valence-electron chi connectivity index (χ1n) is 11.2. The molecular weight excluding hydrogens is 406 g/mol. The third kappa shape index (κ3) is 3.74. The van der Waals surface area contributed by atoms with Crippen LogP contribution in [-0.4, -0.2) is 60.5 Å². The molecule has 0 bridgehead atoms. The average Bonchev–Trinajstić information content (AvgIpc) is 3.49. The molecule has 168 valence electrons. The molecule has 1 aromatic carbocycles. The number of carbonyl (C=O) groups is 1. The highest BCUT2D eigenvalue weighted by Gasteiger charge is 2.47. The molecule has 1 aliphatic carbocycles. The molecule has 3 heterocycles. The standard InChI is InChI=1S/C24H29N5O3/c1-31-18-12-16(13-19(14-18)32-2)22(30)29-11-9-24(15-29)23(26-17-6-3-4-7-17)27-21-20(28-24)8-5-10-25-21/h5,8,10,12-14,17,28H,3-4,6-7,9,11,15H2,1-2H3,(H,25,26,27). The van der Waals surface area contributed by atoms with Gasteiger partial charge in [0, 0.05) is 24.4 Å². The van der Waals surface area contributed by atoms with E-state index in [1.54, 1.807) is 38.6 Å². The molecule has 1 saturated heterocycles. The molecule has 2 aromatic rings. The van der Waals surface area contributed by atoms with Crippen LogP contribution in [-0.2, 0) is 0 Å². The molecule has 8 nitrogen and oxygen atoms in total. The fourth-order valence-electron chi connectivity index (χ4n) is 4.92. The van der Waals surface area contributed by atoms with Crippen LogP contribution in [0.25, 0.3) is 0 Å². The lowest BCUT2D eigenvalue weighted by atomic mass is 9.93. The van der Waals surface area contributed by atoms with Gasteiger partial charge in [0.1, 0.15) is 22.9 Å². The number of anilines is 2. The number of hydrogen-bond acceptors (Lipinski definition) is 6. The van der Waals surface area contributed by atoms with Crippen LogP contribution in [0.1, 0.15) is 42.5 Å². The molecule has 1 atom stereocenters. The largest absolute Gasteiger partial charge is 0.497 e. The van der Waals surface area contributed by atoms with E-state index in [2.05, 4.69) is 15.6 Å². The van der Waals surface area contributed by atoms with Gasteiger partial charge >= 0.3 is 0 Å². The molecule has 2 N–H and O–H groups in total. The lowest BCUT2D eigenvalue weighted by molar-refractivity contribution is 0.0788. The summed E-state index contributed by atoms with van der Waals surface area (Å²) in [6.07, 6.45) is 7.22. The monoisotopic (exact) mass is 435 g/mol. The zero-order valence-corrected chi connectivity index (χ0v) is 18.6. The van der Waals surface area contributed by atoms with E-state index in [9.17, 15) is 4.79 Å². The van der Waals surface area contributed by atoms with Gasteiger partial charge in [-0.25, -0.2) is 4.98 Å². The normalized spacial score (nSPS) is 23.7. The Morgan fingerprint density at radius 2 is 1.94 bits per heavy atom. The van der Waals surface area contributed by atoms with Crippen LogP contribution in [0.15, 0.2) is 41.5 Å². The summed E-state index contributed by atoms with van der Waals surface area (Å²) in [6.45, 7) is 1.16. The Labute approximate surface area is 188 Å². The second-order valence-electron chi connectivity index (χ2n) is 8.73. The molecule has 1 unspecified atom stereocenters. The summed E-state index contributed by atoms with van der Waals surface area (Å²) in [5, 5.41) is 7.17. The lowest BCUT2D eigenvalue weighted by Crippen LogP contribution is -2.55. The summed E-state index contributed by atoms with van der Waals surface area (Å²) in [5.41, 5.74) is 1.05. The first-order chi connectivity index (χ1) is 15.6. The highest BCUT2D eigenvalue weighted by molar-refractivity contribution is 6.10. The van der Waals surface area contributed by atoms with Crippen molar-refractivity contribution < 1.29 is 14.3 Å². The van der Waals surface area contributed by atoms with Crippen LogP contribution >= 0.6 is 0 Å². The van der Waals surface area contributed by atoms with E-state index in [0.29, 0.717) is 36.2 Å². The van der Waals surface area contributed by atoms with Crippen molar-refractivity contribution in [1.29, 1.82) is 0 Å². The van der Waals surface area contributed by atoms with Crippen molar-refractivity contribution in [2.45, 2.75) is 43.7 Å². The summed E-state index contributed by atoms with van der Waals surface area (Å²) >= 11 is 0. The minimum absolute atomic E-state index is 0.0434. The van der Waals surface area contributed by atoms with E-state index in [-0.39, 0.29) is 5.91 Å². The predicted octanol–water partition coefficient (Wildman–Crippen LogP) is 3.56. The van der Waals surface area contributed by atoms with E-state index < -0.39 is 5.54 Å². The van der Waals surface area contributed by atoms with Gasteiger partial charge in [-0.3, -0.25) is 9.79 Å². The Balaban J connectivity index is 1.45. The second kappa shape index (κ2) is 8.33. The number of nitrogens with zero attached hydrogens (tertiary/aromatic N) is 3. The fourth-order valence-corrected chi connectivity index (χ4v) is 4.92. The van der Waals surface area contributed by atoms with Crippen LogP contribution in [0.4, 0.5) is 11.5 Å². The van der Waals surface area contributed by atoms with E-state index in [4.69, 9.17) is 14.5 Å². The Hall–Kier alpha value is -3.29. The quantitative estimate of drug-likeness (QED) is 0.764. The predicted molar refractivity (Wildman–Crippen MR) is 124 cm³/mol. The van der Waals surface area contributed by atoms with Gasteiger partial charge in [0.05, 0.1) is 32.5 Å². The zero-order valence-electron chi connectivity index (χ0n) is 18.6. The number of aromatic nitrogens is 1. The van der Waals surface area contributed by atoms with Crippen LogP contribution in [0.2, 0.25) is 0 Å². The third-order valence-corrected chi connectivity index (χ3v) is 6.66. The van der Waals surface area contributed by atoms with Crippen molar-refractivity contribution in [2.75, 3.05) is 37.9 Å². The molecule has 32 heavy (non-hydrogen) atoms. The van der Waals surface area contributed by atoms with Gasteiger partial charge in [-0.2, -0.15) is 0 Å². The Bertz CT molecular complexity index is 1030. The van der Waals surface area contributed by atoms with Gasteiger partial charge in [-0.1, -0.05) is 12.8 Å². The van der Waals surface area contributed by atoms with Crippen molar-refractivity contribution in [3.05, 3.63) is 42.1 Å². The Kier molecular flexibility index (Phi) is 5.36. The first-order valence-corrected chi connectivity index (χ1v) is 11.2. The van der Waals surface area contributed by atoms with Gasteiger partial charge in [-0.05, 0) is 43.5 Å². The van der Waals surface area contributed by atoms with E-state index in [0.717, 1.165) is 36.6 Å². The van der Waals surface area contributed by atoms with E-state index in [1.807, 2.05) is 17.0 Å². The molecule has 5 rings (SSSR count). The van der Waals surface area contributed by atoms with Gasteiger partial charge in [0.2, 0.25) is 0 Å². The summed E-state index contributed by atoms with van der Waals surface area (Å²) in [5.74, 6) is 2.84. The number of fused-ring (bicyclic) bond motifs is 1. The maximum absolute atomic E-state index is 13.4. The maximum Gasteiger partial charge on any atom is 0.254 e. The van der Waals surface area contributed by atoms with Crippen LogP contribution in [0, 0.1) is 0 Å². The fraction of sp³-hybridized carbons (Fsp3) is 0.458. The number of nitrogens with one attached hydrogen (secondary N) is 2. The zero-order chi connectivity index (χ0) is 22.1. The SMILES string of the molecule is COc1cc(OC)cc(C(=O)N2CCC3(C2)Nc2cccnc2NC3=NC2CCCC2)c1. The Morgan fingerprint density at radius 3 is 2.66 bits per heavy atom. The number of likely N-dealkylation sites (tertiary alicyclic amines) is 1. The third-order valence-electron chi connectivity index (χ3n) is 6.66. The number of rotatable bonds is 4. The van der Waals surface area contributed by atoms with E-state index >= 15 is 0 Å². The van der Waals surface area contributed by atoms with Crippen LogP contribution < -0.4 is 20.1 Å². The second-order valence-corrected chi connectivity index (χ2v) is 8.73. The number of amides is 1. The summed E-state index contributed by atoms with van der Waals surface area (Å²) < 4.78 is 10.7. The molecule has 1 spiro atoms. The van der Waals surface area contributed by atoms with Gasteiger partial charge in [-0.15, -0.1) is 0 Å². The number of ether oxygens (including phenoxy) is 2. The summed E-state index contributed by atoms with van der Waals surface area (Å²) in [6, 6.07) is 9.55. The number of aliphatic imine (C=N–C) groups is 1. The van der Waals surface area contributed by atoms with Crippen molar-refractivity contribution in [2.24, 2.45) is 4.99 Å². The highest BCUT2D eigenvalue weighted by Crippen LogP contribution is 2.37. The molecule has 2 aliphatic heterocycles. The van der Waals surface area contributed by atoms with Gasteiger partial charge in [0.25, 0.3) is 5.91 Å². The van der Waals surface area contributed by atoms with Crippen LogP contribution in [0.5, 0.6) is 11.5 Å². The molecule has 1 saturated carbocycles. The summed E-state index contributed by atoms with van der Waals surface area (Å²) in [4.78, 5) is 24.9. The molecule has 2 fully saturated rings. The van der Waals surface area contributed by atoms with Crippen molar-refractivity contribution in [3.8, 4) is 11.5 Å². The number of methoxy groups -OCH3 is 2. The highest BCUT2D eigenvalue weighted by atomic mass is 16.5.